The van der Waals surface area contributed by atoms with Crippen molar-refractivity contribution >= 4 is 0 Å². The van der Waals surface area contributed by atoms with E-state index in [2.05, 4.69) is 10.1 Å². The third-order valence-corrected chi connectivity index (χ3v) is 2.59. The van der Waals surface area contributed by atoms with E-state index in [4.69, 9.17) is 0 Å². The molecule has 0 aliphatic heterocycles. The van der Waals surface area contributed by atoms with Crippen molar-refractivity contribution in [3.63, 3.8) is 0 Å². The molecule has 0 spiro atoms. The van der Waals surface area contributed by atoms with E-state index in [0.29, 0.717) is 6.42 Å². The highest BCUT2D eigenvalue weighted by molar-refractivity contribution is 5.23. The molecule has 1 unspecified atom stereocenters. The fraction of sp³-hybridized carbons (Fsp3) is 0.333. The van der Waals surface area contributed by atoms with Gasteiger partial charge in [-0.3, -0.25) is 9.67 Å². The summed E-state index contributed by atoms with van der Waals surface area (Å²) < 4.78 is 1.73. The molecule has 1 atom stereocenters. The van der Waals surface area contributed by atoms with E-state index in [0.717, 1.165) is 16.8 Å². The number of aromatic nitrogens is 3. The molecule has 1 N–H and O–H groups in total. The Hall–Kier alpha value is -1.68. The van der Waals surface area contributed by atoms with Crippen LogP contribution >= 0.6 is 0 Å². The first kappa shape index (κ1) is 10.8. The van der Waals surface area contributed by atoms with Gasteiger partial charge in [0, 0.05) is 37.1 Å². The Balaban J connectivity index is 2.14. The van der Waals surface area contributed by atoms with Crippen molar-refractivity contribution in [3.8, 4) is 0 Å². The van der Waals surface area contributed by atoms with Gasteiger partial charge in [0.15, 0.2) is 0 Å². The number of aryl methyl sites for hydroxylation is 2. The molecule has 2 heterocycles. The van der Waals surface area contributed by atoms with Crippen LogP contribution in [0, 0.1) is 6.92 Å². The molecular weight excluding hydrogens is 202 g/mol. The van der Waals surface area contributed by atoms with Crippen LogP contribution in [0.25, 0.3) is 0 Å². The molecule has 0 bridgehead atoms. The van der Waals surface area contributed by atoms with Crippen LogP contribution in [0.15, 0.2) is 30.7 Å². The lowest BCUT2D eigenvalue weighted by atomic mass is 10.0. The summed E-state index contributed by atoms with van der Waals surface area (Å²) in [5.41, 5.74) is 2.78. The van der Waals surface area contributed by atoms with E-state index in [-0.39, 0.29) is 0 Å². The van der Waals surface area contributed by atoms with Gasteiger partial charge in [-0.05, 0) is 18.6 Å². The smallest absolute Gasteiger partial charge is 0.0848 e. The highest BCUT2D eigenvalue weighted by Gasteiger charge is 2.12. The van der Waals surface area contributed by atoms with Gasteiger partial charge in [0.05, 0.1) is 12.3 Å². The molecule has 2 aromatic heterocycles. The van der Waals surface area contributed by atoms with Crippen LogP contribution < -0.4 is 0 Å². The fourth-order valence-electron chi connectivity index (χ4n) is 1.76. The molecule has 0 saturated carbocycles. The molecule has 2 aromatic rings. The van der Waals surface area contributed by atoms with Crippen LogP contribution in [0.2, 0.25) is 0 Å². The SMILES string of the molecule is Cc1ncccc1C(O)Cc1cnn(C)c1. The minimum absolute atomic E-state index is 0.516. The molecule has 16 heavy (non-hydrogen) atoms. The quantitative estimate of drug-likeness (QED) is 0.845. The normalized spacial score (nSPS) is 12.7. The minimum atomic E-state index is -0.516. The minimum Gasteiger partial charge on any atom is -0.388 e. The van der Waals surface area contributed by atoms with Gasteiger partial charge in [-0.15, -0.1) is 0 Å². The average Bonchev–Trinajstić information content (AvgIpc) is 2.64. The van der Waals surface area contributed by atoms with Crippen molar-refractivity contribution in [2.75, 3.05) is 0 Å². The summed E-state index contributed by atoms with van der Waals surface area (Å²) in [6.07, 6.45) is 5.47. The van der Waals surface area contributed by atoms with Crippen LogP contribution in [0.4, 0.5) is 0 Å². The first-order chi connectivity index (χ1) is 7.66. The Morgan fingerprint density at radius 3 is 2.94 bits per heavy atom. The summed E-state index contributed by atoms with van der Waals surface area (Å²) >= 11 is 0. The zero-order valence-corrected chi connectivity index (χ0v) is 9.46. The molecule has 4 heteroatoms. The largest absolute Gasteiger partial charge is 0.388 e. The number of hydrogen-bond acceptors (Lipinski definition) is 3. The molecule has 2 rings (SSSR count). The molecule has 0 saturated heterocycles. The highest BCUT2D eigenvalue weighted by Crippen LogP contribution is 2.19. The summed E-state index contributed by atoms with van der Waals surface area (Å²) in [6, 6.07) is 3.75. The van der Waals surface area contributed by atoms with E-state index in [1.165, 1.54) is 0 Å². The number of rotatable bonds is 3. The van der Waals surface area contributed by atoms with Gasteiger partial charge in [0.25, 0.3) is 0 Å². The standard InChI is InChI=1S/C12H15N3O/c1-9-11(4-3-5-13-9)12(16)6-10-7-14-15(2)8-10/h3-5,7-8,12,16H,6H2,1-2H3. The third kappa shape index (κ3) is 2.28. The maximum Gasteiger partial charge on any atom is 0.0848 e. The maximum atomic E-state index is 10.1. The summed E-state index contributed by atoms with van der Waals surface area (Å²) in [5.74, 6) is 0. The zero-order valence-electron chi connectivity index (χ0n) is 9.46. The second-order valence-corrected chi connectivity index (χ2v) is 3.92. The number of pyridine rings is 1. The molecule has 4 nitrogen and oxygen atoms in total. The monoisotopic (exact) mass is 217 g/mol. The van der Waals surface area contributed by atoms with Gasteiger partial charge in [-0.25, -0.2) is 0 Å². The molecule has 0 aliphatic carbocycles. The van der Waals surface area contributed by atoms with Crippen molar-refractivity contribution in [3.05, 3.63) is 47.5 Å². The van der Waals surface area contributed by atoms with Crippen LogP contribution in [-0.2, 0) is 13.5 Å². The maximum absolute atomic E-state index is 10.1. The lowest BCUT2D eigenvalue weighted by Gasteiger charge is -2.11. The first-order valence-electron chi connectivity index (χ1n) is 5.24. The lowest BCUT2D eigenvalue weighted by Crippen LogP contribution is -2.04. The third-order valence-electron chi connectivity index (χ3n) is 2.59. The van der Waals surface area contributed by atoms with Crippen LogP contribution in [0.5, 0.6) is 0 Å². The van der Waals surface area contributed by atoms with E-state index in [1.807, 2.05) is 32.3 Å². The second-order valence-electron chi connectivity index (χ2n) is 3.92. The van der Waals surface area contributed by atoms with Gasteiger partial charge in [-0.1, -0.05) is 6.07 Å². The molecule has 0 radical (unpaired) electrons. The molecular formula is C12H15N3O. The topological polar surface area (TPSA) is 50.9 Å². The van der Waals surface area contributed by atoms with Gasteiger partial charge < -0.3 is 5.11 Å². The van der Waals surface area contributed by atoms with E-state index in [1.54, 1.807) is 17.1 Å². The summed E-state index contributed by atoms with van der Waals surface area (Å²) in [4.78, 5) is 4.17. The van der Waals surface area contributed by atoms with Crippen LogP contribution in [0.1, 0.15) is 22.9 Å². The van der Waals surface area contributed by atoms with Crippen LogP contribution in [0.3, 0.4) is 0 Å². The zero-order chi connectivity index (χ0) is 11.5. The Morgan fingerprint density at radius 1 is 1.50 bits per heavy atom. The van der Waals surface area contributed by atoms with E-state index < -0.39 is 6.10 Å². The Morgan fingerprint density at radius 2 is 2.31 bits per heavy atom. The molecule has 84 valence electrons. The number of hydrogen-bond donors (Lipinski definition) is 1. The molecule has 0 aromatic carbocycles. The second kappa shape index (κ2) is 4.45. The predicted molar refractivity (Wildman–Crippen MR) is 60.8 cm³/mol. The van der Waals surface area contributed by atoms with Crippen molar-refractivity contribution in [2.24, 2.45) is 7.05 Å². The van der Waals surface area contributed by atoms with E-state index >= 15 is 0 Å². The van der Waals surface area contributed by atoms with Crippen molar-refractivity contribution in [1.29, 1.82) is 0 Å². The summed E-state index contributed by atoms with van der Waals surface area (Å²) in [7, 11) is 1.87. The first-order valence-corrected chi connectivity index (χ1v) is 5.24. The van der Waals surface area contributed by atoms with Crippen molar-refractivity contribution in [2.45, 2.75) is 19.4 Å². The average molecular weight is 217 g/mol. The fourth-order valence-corrected chi connectivity index (χ4v) is 1.76. The molecule has 0 fully saturated rings. The van der Waals surface area contributed by atoms with Crippen LogP contribution in [-0.4, -0.2) is 19.9 Å². The number of aliphatic hydroxyl groups excluding tert-OH is 1. The number of nitrogens with zero attached hydrogens (tertiary/aromatic N) is 3. The van der Waals surface area contributed by atoms with Crippen molar-refractivity contribution in [1.82, 2.24) is 14.8 Å². The summed E-state index contributed by atoms with van der Waals surface area (Å²) in [5, 5.41) is 14.2. The lowest BCUT2D eigenvalue weighted by molar-refractivity contribution is 0.177. The predicted octanol–water partition coefficient (Wildman–Crippen LogP) is 1.40. The summed E-state index contributed by atoms with van der Waals surface area (Å²) in [6.45, 7) is 1.90. The van der Waals surface area contributed by atoms with Gasteiger partial charge in [0.1, 0.15) is 0 Å². The Bertz CT molecular complexity index is 479. The van der Waals surface area contributed by atoms with Gasteiger partial charge >= 0.3 is 0 Å². The van der Waals surface area contributed by atoms with Gasteiger partial charge in [-0.2, -0.15) is 5.10 Å². The molecule has 0 amide bonds. The van der Waals surface area contributed by atoms with Crippen molar-refractivity contribution < 1.29 is 5.11 Å². The Labute approximate surface area is 94.6 Å². The van der Waals surface area contributed by atoms with Gasteiger partial charge in [0.2, 0.25) is 0 Å². The number of aliphatic hydroxyl groups is 1. The Kier molecular flexibility index (Phi) is 3.01. The highest BCUT2D eigenvalue weighted by atomic mass is 16.3. The molecule has 0 aliphatic rings. The van der Waals surface area contributed by atoms with E-state index in [9.17, 15) is 5.11 Å².